The van der Waals surface area contributed by atoms with Crippen LogP contribution in [-0.4, -0.2) is 34.3 Å². The highest BCUT2D eigenvalue weighted by atomic mass is 28.4. The fourth-order valence-corrected chi connectivity index (χ4v) is 6.00. The van der Waals surface area contributed by atoms with Crippen LogP contribution >= 0.6 is 0 Å². The fourth-order valence-electron chi connectivity index (χ4n) is 2.77. The van der Waals surface area contributed by atoms with Gasteiger partial charge in [-0.1, -0.05) is 50.6 Å². The van der Waals surface area contributed by atoms with E-state index in [1.54, 1.807) is 38.5 Å². The van der Waals surface area contributed by atoms with Gasteiger partial charge in [0.2, 0.25) is 0 Å². The molecule has 0 N–H and O–H groups in total. The van der Waals surface area contributed by atoms with E-state index in [4.69, 9.17) is 8.85 Å². The van der Waals surface area contributed by atoms with Crippen molar-refractivity contribution in [2.24, 2.45) is 0 Å². The van der Waals surface area contributed by atoms with Gasteiger partial charge in [-0.3, -0.25) is 9.59 Å². The molecule has 0 saturated carbocycles. The average molecular weight is 322 g/mol. The number of Topliss-reactive ketones (excluding diaryl/α,β-unsaturated/α-hetero) is 2. The summed E-state index contributed by atoms with van der Waals surface area (Å²) in [6.45, 7) is 3.94. The first kappa shape index (κ1) is 18.7. The highest BCUT2D eigenvalue weighted by Gasteiger charge is 2.51. The summed E-state index contributed by atoms with van der Waals surface area (Å²) in [5, 5.41) is 0. The van der Waals surface area contributed by atoms with Crippen molar-refractivity contribution in [3.05, 3.63) is 35.9 Å². The molecule has 1 unspecified atom stereocenters. The van der Waals surface area contributed by atoms with Gasteiger partial charge in [0.15, 0.2) is 5.78 Å². The van der Waals surface area contributed by atoms with Crippen LogP contribution in [0.2, 0.25) is 11.6 Å². The van der Waals surface area contributed by atoms with E-state index in [0.717, 1.165) is 6.42 Å². The molecule has 22 heavy (non-hydrogen) atoms. The summed E-state index contributed by atoms with van der Waals surface area (Å²) in [4.78, 5) is 25.6. The Labute approximate surface area is 134 Å². The van der Waals surface area contributed by atoms with Crippen molar-refractivity contribution in [1.29, 1.82) is 0 Å². The van der Waals surface area contributed by atoms with Crippen molar-refractivity contribution in [3.8, 4) is 0 Å². The maximum absolute atomic E-state index is 13.0. The molecule has 0 bridgehead atoms. The molecule has 0 aliphatic carbocycles. The first-order valence-corrected chi connectivity index (χ1v) is 9.88. The van der Waals surface area contributed by atoms with E-state index in [-0.39, 0.29) is 11.6 Å². The van der Waals surface area contributed by atoms with Gasteiger partial charge >= 0.3 is 8.56 Å². The third-order valence-corrected chi connectivity index (χ3v) is 7.91. The second kappa shape index (κ2) is 8.98. The first-order valence-electron chi connectivity index (χ1n) is 7.78. The van der Waals surface area contributed by atoms with Crippen LogP contribution in [0.3, 0.4) is 0 Å². The molecule has 1 aromatic carbocycles. The summed E-state index contributed by atoms with van der Waals surface area (Å²) >= 11 is 0. The summed E-state index contributed by atoms with van der Waals surface area (Å²) in [7, 11) is 0.185. The standard InChI is InChI=1S/C17H26O4Si/c1-5-10-15(18)17(22(20-3,21-4)13-6-2)16(19)14-11-8-7-9-12-14/h7-9,11-12,17H,5-6,10,13H2,1-4H3. The van der Waals surface area contributed by atoms with Crippen LogP contribution < -0.4 is 0 Å². The van der Waals surface area contributed by atoms with E-state index in [1.165, 1.54) is 0 Å². The van der Waals surface area contributed by atoms with Crippen LogP contribution in [0, 0.1) is 0 Å². The topological polar surface area (TPSA) is 52.6 Å². The molecule has 0 amide bonds. The van der Waals surface area contributed by atoms with E-state index >= 15 is 0 Å². The molecule has 0 saturated heterocycles. The van der Waals surface area contributed by atoms with E-state index in [0.29, 0.717) is 24.4 Å². The van der Waals surface area contributed by atoms with Gasteiger partial charge in [-0.15, -0.1) is 0 Å². The highest BCUT2D eigenvalue weighted by Crippen LogP contribution is 2.34. The van der Waals surface area contributed by atoms with Gasteiger partial charge in [-0.2, -0.15) is 0 Å². The average Bonchev–Trinajstić information content (AvgIpc) is 2.55. The molecular formula is C17H26O4Si. The first-order chi connectivity index (χ1) is 10.6. The minimum Gasteiger partial charge on any atom is -0.397 e. The largest absolute Gasteiger partial charge is 0.397 e. The Morgan fingerprint density at radius 1 is 1.05 bits per heavy atom. The van der Waals surface area contributed by atoms with E-state index in [9.17, 15) is 9.59 Å². The predicted molar refractivity (Wildman–Crippen MR) is 89.3 cm³/mol. The Kier molecular flexibility index (Phi) is 7.65. The van der Waals surface area contributed by atoms with Crippen molar-refractivity contribution < 1.29 is 18.4 Å². The smallest absolute Gasteiger partial charge is 0.356 e. The van der Waals surface area contributed by atoms with Crippen molar-refractivity contribution in [2.45, 2.75) is 44.7 Å². The third-order valence-electron chi connectivity index (χ3n) is 3.87. The normalized spacial score (nSPS) is 12.9. The van der Waals surface area contributed by atoms with E-state index < -0.39 is 14.1 Å². The quantitative estimate of drug-likeness (QED) is 0.374. The lowest BCUT2D eigenvalue weighted by atomic mass is 10.0. The zero-order valence-electron chi connectivity index (χ0n) is 13.9. The SMILES string of the molecule is CCCC(=O)C(C(=O)c1ccccc1)[Si](CCC)(OC)OC. The third kappa shape index (κ3) is 4.12. The zero-order valence-corrected chi connectivity index (χ0v) is 14.9. The van der Waals surface area contributed by atoms with Gasteiger partial charge in [0.1, 0.15) is 11.3 Å². The van der Waals surface area contributed by atoms with Crippen molar-refractivity contribution >= 4 is 20.1 Å². The Hall–Kier alpha value is -1.30. The number of carbonyl (C=O) groups is 2. The van der Waals surface area contributed by atoms with Crippen LogP contribution in [0.5, 0.6) is 0 Å². The lowest BCUT2D eigenvalue weighted by molar-refractivity contribution is -0.118. The van der Waals surface area contributed by atoms with E-state index in [1.807, 2.05) is 19.9 Å². The Morgan fingerprint density at radius 2 is 1.64 bits per heavy atom. The maximum Gasteiger partial charge on any atom is 0.356 e. The summed E-state index contributed by atoms with van der Waals surface area (Å²) in [5.41, 5.74) is -0.260. The molecule has 5 heteroatoms. The summed E-state index contributed by atoms with van der Waals surface area (Å²) < 4.78 is 11.3. The van der Waals surface area contributed by atoms with Crippen LogP contribution in [0.25, 0.3) is 0 Å². The van der Waals surface area contributed by atoms with Gasteiger partial charge in [0.25, 0.3) is 0 Å². The Morgan fingerprint density at radius 3 is 2.09 bits per heavy atom. The molecule has 122 valence electrons. The molecule has 1 atom stereocenters. The van der Waals surface area contributed by atoms with Gasteiger partial charge in [0.05, 0.1) is 0 Å². The van der Waals surface area contributed by atoms with Gasteiger partial charge < -0.3 is 8.85 Å². The molecule has 0 radical (unpaired) electrons. The zero-order chi connectivity index (χ0) is 16.6. The molecule has 4 nitrogen and oxygen atoms in total. The number of hydrogen-bond donors (Lipinski definition) is 0. The van der Waals surface area contributed by atoms with Gasteiger partial charge in [0, 0.05) is 26.2 Å². The minimum absolute atomic E-state index is 0.0693. The molecule has 0 aliphatic heterocycles. The monoisotopic (exact) mass is 322 g/mol. The summed E-state index contributed by atoms with van der Waals surface area (Å²) in [6.07, 6.45) is 1.89. The van der Waals surface area contributed by atoms with Crippen LogP contribution in [0.1, 0.15) is 43.5 Å². The number of ketones is 2. The number of rotatable bonds is 10. The van der Waals surface area contributed by atoms with Crippen LogP contribution in [0.15, 0.2) is 30.3 Å². The van der Waals surface area contributed by atoms with Crippen molar-refractivity contribution in [3.63, 3.8) is 0 Å². The molecule has 0 heterocycles. The second-order valence-electron chi connectivity index (χ2n) is 5.35. The number of hydrogen-bond acceptors (Lipinski definition) is 4. The lowest BCUT2D eigenvalue weighted by Crippen LogP contribution is -2.51. The second-order valence-corrected chi connectivity index (χ2v) is 8.87. The van der Waals surface area contributed by atoms with Crippen molar-refractivity contribution in [1.82, 2.24) is 0 Å². The molecule has 0 aromatic heterocycles. The Bertz CT molecular complexity index is 483. The number of carbonyl (C=O) groups excluding carboxylic acids is 2. The van der Waals surface area contributed by atoms with Crippen molar-refractivity contribution in [2.75, 3.05) is 14.2 Å². The Balaban J connectivity index is 3.28. The summed E-state index contributed by atoms with van der Waals surface area (Å²) in [6, 6.07) is 9.56. The molecular weight excluding hydrogens is 296 g/mol. The molecule has 0 fully saturated rings. The van der Waals surface area contributed by atoms with E-state index in [2.05, 4.69) is 0 Å². The molecule has 1 rings (SSSR count). The fraction of sp³-hybridized carbons (Fsp3) is 0.529. The van der Waals surface area contributed by atoms with Gasteiger partial charge in [-0.05, 0) is 12.5 Å². The number of benzene rings is 1. The summed E-state index contributed by atoms with van der Waals surface area (Å²) in [5.74, 6) is -0.247. The van der Waals surface area contributed by atoms with Crippen LogP contribution in [-0.2, 0) is 13.6 Å². The van der Waals surface area contributed by atoms with Crippen LogP contribution in [0.4, 0.5) is 0 Å². The highest BCUT2D eigenvalue weighted by molar-refractivity contribution is 6.77. The molecule has 0 aliphatic rings. The predicted octanol–water partition coefficient (Wildman–Crippen LogP) is 3.75. The van der Waals surface area contributed by atoms with Gasteiger partial charge in [-0.25, -0.2) is 0 Å². The molecule has 0 spiro atoms. The lowest BCUT2D eigenvalue weighted by Gasteiger charge is -2.33. The minimum atomic E-state index is -2.92. The maximum atomic E-state index is 13.0. The molecule has 1 aromatic rings.